The molecule has 0 bridgehead atoms. The van der Waals surface area contributed by atoms with E-state index in [1.165, 1.54) is 49.2 Å². The lowest BCUT2D eigenvalue weighted by Gasteiger charge is -2.45. The Kier molecular flexibility index (Phi) is 6.86. The van der Waals surface area contributed by atoms with E-state index in [2.05, 4.69) is 30.9 Å². The maximum atomic E-state index is 14.0. The lowest BCUT2D eigenvalue weighted by molar-refractivity contribution is -0.172. The Morgan fingerprint density at radius 2 is 1.95 bits per heavy atom. The second-order valence-corrected chi connectivity index (χ2v) is 9.06. The number of amides is 2. The van der Waals surface area contributed by atoms with Crippen LogP contribution in [-0.4, -0.2) is 49.4 Å². The molecule has 1 saturated carbocycles. The summed E-state index contributed by atoms with van der Waals surface area (Å²) in [4.78, 5) is 32.9. The number of nitrogens with zero attached hydrogens (tertiary/aromatic N) is 5. The average molecular weight is 519 g/mol. The molecule has 2 amide bonds. The Balaban J connectivity index is 1.44. The Hall–Kier alpha value is -4.07. The molecule has 4 rings (SSSR count). The molecule has 0 unspecified atom stereocenters. The number of carbonyl (C=O) groups excluding carboxylic acids is 2. The second kappa shape index (κ2) is 9.76. The Labute approximate surface area is 209 Å². The monoisotopic (exact) mass is 518 g/mol. The highest BCUT2D eigenvalue weighted by atomic mass is 19.3. The van der Waals surface area contributed by atoms with Gasteiger partial charge >= 0.3 is 6.09 Å². The van der Waals surface area contributed by atoms with E-state index < -0.39 is 48.2 Å². The SMILES string of the molecule is Cc1cnc(F)c([C@@H](C)OC(=O)Nc2c(-c3ccc(NC(=O)C4(CN)CC(F)(F)C4)cn3)nnn2C)c1. The van der Waals surface area contributed by atoms with Crippen LogP contribution >= 0.6 is 0 Å². The fourth-order valence-electron chi connectivity index (χ4n) is 4.09. The van der Waals surface area contributed by atoms with Gasteiger partial charge in [-0.15, -0.1) is 5.10 Å². The van der Waals surface area contributed by atoms with Crippen LogP contribution in [0.1, 0.15) is 37.0 Å². The van der Waals surface area contributed by atoms with Crippen LogP contribution in [0.3, 0.4) is 0 Å². The van der Waals surface area contributed by atoms with Crippen LogP contribution in [0.2, 0.25) is 0 Å². The number of pyridine rings is 2. The van der Waals surface area contributed by atoms with Gasteiger partial charge in [-0.25, -0.2) is 23.2 Å². The first-order chi connectivity index (χ1) is 17.4. The van der Waals surface area contributed by atoms with E-state index in [1.54, 1.807) is 6.92 Å². The zero-order chi connectivity index (χ0) is 27.0. The Morgan fingerprint density at radius 3 is 2.57 bits per heavy atom. The lowest BCUT2D eigenvalue weighted by Crippen LogP contribution is -2.57. The summed E-state index contributed by atoms with van der Waals surface area (Å²) in [6, 6.07) is 4.55. The zero-order valence-corrected chi connectivity index (χ0v) is 20.3. The van der Waals surface area contributed by atoms with Gasteiger partial charge in [-0.1, -0.05) is 5.21 Å². The number of nitrogens with one attached hydrogen (secondary N) is 2. The van der Waals surface area contributed by atoms with Gasteiger partial charge in [0.1, 0.15) is 6.10 Å². The molecule has 1 atom stereocenters. The molecule has 4 N–H and O–H groups in total. The smallest absolute Gasteiger partial charge is 0.413 e. The molecule has 1 aliphatic carbocycles. The molecule has 37 heavy (non-hydrogen) atoms. The summed E-state index contributed by atoms with van der Waals surface area (Å²) in [6.07, 6.45) is -0.334. The molecule has 3 aromatic rings. The van der Waals surface area contributed by atoms with Crippen molar-refractivity contribution in [2.45, 2.75) is 38.7 Å². The number of hydrogen-bond acceptors (Lipinski definition) is 8. The number of ether oxygens (including phenoxy) is 1. The van der Waals surface area contributed by atoms with Crippen molar-refractivity contribution >= 4 is 23.5 Å². The fourth-order valence-corrected chi connectivity index (χ4v) is 4.09. The van der Waals surface area contributed by atoms with Gasteiger partial charge in [0.2, 0.25) is 17.8 Å². The topological polar surface area (TPSA) is 150 Å². The van der Waals surface area contributed by atoms with E-state index in [1.807, 2.05) is 0 Å². The highest BCUT2D eigenvalue weighted by Crippen LogP contribution is 2.51. The number of rotatable bonds is 7. The predicted molar refractivity (Wildman–Crippen MR) is 126 cm³/mol. The number of anilines is 2. The van der Waals surface area contributed by atoms with Crippen LogP contribution in [0.5, 0.6) is 0 Å². The van der Waals surface area contributed by atoms with Crippen molar-refractivity contribution < 1.29 is 27.5 Å². The molecule has 0 aromatic carbocycles. The average Bonchev–Trinajstić information content (AvgIpc) is 3.18. The third kappa shape index (κ3) is 5.38. The van der Waals surface area contributed by atoms with Crippen molar-refractivity contribution in [1.82, 2.24) is 25.0 Å². The molecule has 0 radical (unpaired) electrons. The molecule has 1 aliphatic rings. The van der Waals surface area contributed by atoms with Gasteiger partial charge in [0, 0.05) is 38.2 Å². The third-order valence-corrected chi connectivity index (χ3v) is 6.10. The summed E-state index contributed by atoms with van der Waals surface area (Å²) in [7, 11) is 1.54. The number of aromatic nitrogens is 5. The molecule has 0 saturated heterocycles. The van der Waals surface area contributed by atoms with Crippen molar-refractivity contribution in [3.63, 3.8) is 0 Å². The van der Waals surface area contributed by atoms with Gasteiger partial charge in [0.15, 0.2) is 11.5 Å². The number of alkyl halides is 2. The van der Waals surface area contributed by atoms with Crippen molar-refractivity contribution in [2.75, 3.05) is 17.2 Å². The minimum atomic E-state index is -2.90. The normalized spacial score (nSPS) is 16.4. The largest absolute Gasteiger partial charge is 0.441 e. The number of halogens is 3. The summed E-state index contributed by atoms with van der Waals surface area (Å²) in [5.74, 6) is -4.09. The van der Waals surface area contributed by atoms with E-state index in [4.69, 9.17) is 10.5 Å². The molecule has 0 aliphatic heterocycles. The minimum Gasteiger partial charge on any atom is -0.441 e. The first-order valence-electron chi connectivity index (χ1n) is 11.3. The summed E-state index contributed by atoms with van der Waals surface area (Å²) in [6.45, 7) is 3.05. The molecular weight excluding hydrogens is 493 g/mol. The number of nitrogens with two attached hydrogens (primary N) is 1. The third-order valence-electron chi connectivity index (χ3n) is 6.10. The van der Waals surface area contributed by atoms with Gasteiger partial charge in [-0.05, 0) is 37.6 Å². The first kappa shape index (κ1) is 26.0. The highest BCUT2D eigenvalue weighted by molar-refractivity contribution is 5.96. The van der Waals surface area contributed by atoms with Crippen LogP contribution in [0.4, 0.5) is 29.5 Å². The molecule has 1 fully saturated rings. The molecule has 14 heteroatoms. The predicted octanol–water partition coefficient (Wildman–Crippen LogP) is 3.34. The summed E-state index contributed by atoms with van der Waals surface area (Å²) >= 11 is 0. The molecule has 11 nitrogen and oxygen atoms in total. The van der Waals surface area contributed by atoms with E-state index in [0.29, 0.717) is 11.3 Å². The van der Waals surface area contributed by atoms with Gasteiger partial charge < -0.3 is 15.8 Å². The minimum absolute atomic E-state index is 0.125. The first-order valence-corrected chi connectivity index (χ1v) is 11.3. The van der Waals surface area contributed by atoms with E-state index in [-0.39, 0.29) is 29.3 Å². The maximum Gasteiger partial charge on any atom is 0.413 e. The van der Waals surface area contributed by atoms with E-state index in [9.17, 15) is 22.8 Å². The van der Waals surface area contributed by atoms with Crippen LogP contribution in [-0.2, 0) is 16.6 Å². The summed E-state index contributed by atoms with van der Waals surface area (Å²) in [5.41, 5.74) is 5.87. The Bertz CT molecular complexity index is 1320. The van der Waals surface area contributed by atoms with Crippen molar-refractivity contribution in [1.29, 1.82) is 0 Å². The quantitative estimate of drug-likeness (QED) is 0.403. The zero-order valence-electron chi connectivity index (χ0n) is 20.3. The van der Waals surface area contributed by atoms with Gasteiger partial charge in [0.05, 0.1) is 23.0 Å². The van der Waals surface area contributed by atoms with E-state index in [0.717, 1.165) is 0 Å². The molecule has 0 spiro atoms. The van der Waals surface area contributed by atoms with Gasteiger partial charge in [0.25, 0.3) is 0 Å². The fraction of sp³-hybridized carbons (Fsp3) is 0.391. The number of hydrogen-bond donors (Lipinski definition) is 3. The molecule has 196 valence electrons. The van der Waals surface area contributed by atoms with Gasteiger partial charge in [-0.3, -0.25) is 15.1 Å². The molecular formula is C23H25F3N8O3. The molecule has 3 aromatic heterocycles. The lowest BCUT2D eigenvalue weighted by atomic mass is 9.65. The van der Waals surface area contributed by atoms with E-state index >= 15 is 0 Å². The summed E-state index contributed by atoms with van der Waals surface area (Å²) in [5, 5.41) is 13.0. The van der Waals surface area contributed by atoms with Crippen molar-refractivity contribution in [3.05, 3.63) is 47.7 Å². The highest BCUT2D eigenvalue weighted by Gasteiger charge is 2.60. The summed E-state index contributed by atoms with van der Waals surface area (Å²) < 4.78 is 47.3. The van der Waals surface area contributed by atoms with Crippen LogP contribution in [0.25, 0.3) is 11.4 Å². The maximum absolute atomic E-state index is 14.0. The number of aryl methyl sites for hydroxylation is 2. The van der Waals surface area contributed by atoms with Crippen LogP contribution in [0, 0.1) is 18.3 Å². The standard InChI is InChI=1S/C23H25F3N8O3/c1-12-6-15(18(24)29-7-12)13(2)37-21(36)31-19-17(32-33-34(19)3)16-5-4-14(8-28-16)30-20(35)22(11-27)9-23(25,26)10-22/h4-8,13H,9-11,27H2,1-3H3,(H,30,35)(H,31,36)/t13-/m1/s1. The second-order valence-electron chi connectivity index (χ2n) is 9.06. The molecule has 3 heterocycles. The van der Waals surface area contributed by atoms with Gasteiger partial charge in [-0.2, -0.15) is 4.39 Å². The van der Waals surface area contributed by atoms with Crippen molar-refractivity contribution in [2.24, 2.45) is 18.2 Å². The van der Waals surface area contributed by atoms with Crippen molar-refractivity contribution in [3.8, 4) is 11.4 Å². The van der Waals surface area contributed by atoms with Crippen LogP contribution in [0.15, 0.2) is 30.6 Å². The Morgan fingerprint density at radius 1 is 1.22 bits per heavy atom. The van der Waals surface area contributed by atoms with Crippen LogP contribution < -0.4 is 16.4 Å². The number of carbonyl (C=O) groups is 2.